The predicted octanol–water partition coefficient (Wildman–Crippen LogP) is 0.869. The number of carbonyl (C=O) groups is 2. The number of benzene rings is 1. The zero-order chi connectivity index (χ0) is 18.8. The smallest absolute Gasteiger partial charge is 0.222 e. The van der Waals surface area contributed by atoms with E-state index < -0.39 is 0 Å². The Hall–Kier alpha value is -2.57. The monoisotopic (exact) mass is 359 g/mol. The Bertz CT molecular complexity index is 618. The molecule has 1 heterocycles. The lowest BCUT2D eigenvalue weighted by atomic mass is 10.2. The van der Waals surface area contributed by atoms with Crippen LogP contribution < -0.4 is 16.0 Å². The summed E-state index contributed by atoms with van der Waals surface area (Å²) in [7, 11) is 1.70. The number of nitrogens with one attached hydrogen (secondary N) is 3. The number of rotatable bonds is 7. The Morgan fingerprint density at radius 1 is 1.23 bits per heavy atom. The second kappa shape index (κ2) is 10.4. The molecule has 1 aliphatic heterocycles. The van der Waals surface area contributed by atoms with Crippen molar-refractivity contribution in [1.29, 1.82) is 0 Å². The van der Waals surface area contributed by atoms with Gasteiger partial charge in [0.2, 0.25) is 11.8 Å². The lowest BCUT2D eigenvalue weighted by Gasteiger charge is -2.18. The van der Waals surface area contributed by atoms with Crippen LogP contribution in [-0.2, 0) is 16.1 Å². The molecular weight excluding hydrogens is 330 g/mol. The van der Waals surface area contributed by atoms with Crippen molar-refractivity contribution >= 4 is 17.8 Å². The first-order valence-corrected chi connectivity index (χ1v) is 9.18. The highest BCUT2D eigenvalue weighted by molar-refractivity contribution is 5.82. The van der Waals surface area contributed by atoms with Crippen molar-refractivity contribution in [2.45, 2.75) is 38.8 Å². The number of aliphatic imine (C=N–C) groups is 1. The van der Waals surface area contributed by atoms with E-state index in [1.54, 1.807) is 7.05 Å². The SMILES string of the molecule is CCC(=O)N1CCC(NC(=NC)NCCC(=O)NCc2ccccc2)C1. The van der Waals surface area contributed by atoms with Crippen LogP contribution in [0.4, 0.5) is 0 Å². The van der Waals surface area contributed by atoms with Crippen molar-refractivity contribution in [2.24, 2.45) is 4.99 Å². The van der Waals surface area contributed by atoms with E-state index in [1.165, 1.54) is 0 Å². The van der Waals surface area contributed by atoms with E-state index in [2.05, 4.69) is 20.9 Å². The number of amides is 2. The van der Waals surface area contributed by atoms with Gasteiger partial charge in [-0.3, -0.25) is 14.6 Å². The minimum Gasteiger partial charge on any atom is -0.356 e. The third-order valence-electron chi connectivity index (χ3n) is 4.38. The summed E-state index contributed by atoms with van der Waals surface area (Å²) in [6.07, 6.45) is 1.82. The average Bonchev–Trinajstić information content (AvgIpc) is 3.14. The highest BCUT2D eigenvalue weighted by Crippen LogP contribution is 2.10. The van der Waals surface area contributed by atoms with E-state index in [1.807, 2.05) is 42.2 Å². The number of hydrogen-bond acceptors (Lipinski definition) is 3. The molecule has 1 fully saturated rings. The summed E-state index contributed by atoms with van der Waals surface area (Å²) >= 11 is 0. The quantitative estimate of drug-likeness (QED) is 0.498. The first-order chi connectivity index (χ1) is 12.6. The molecule has 0 radical (unpaired) electrons. The van der Waals surface area contributed by atoms with Gasteiger partial charge >= 0.3 is 0 Å². The normalized spacial score (nSPS) is 17.1. The summed E-state index contributed by atoms with van der Waals surface area (Å²) in [5.74, 6) is 0.849. The fourth-order valence-corrected chi connectivity index (χ4v) is 2.90. The van der Waals surface area contributed by atoms with Gasteiger partial charge in [0.1, 0.15) is 0 Å². The standard InChI is InChI=1S/C19H29N5O2/c1-3-18(26)24-12-10-16(14-24)23-19(20-2)21-11-9-17(25)22-13-15-7-5-4-6-8-15/h4-8,16H,3,9-14H2,1-2H3,(H,22,25)(H2,20,21,23). The molecule has 7 heteroatoms. The van der Waals surface area contributed by atoms with Gasteiger partial charge in [-0.2, -0.15) is 0 Å². The van der Waals surface area contributed by atoms with E-state index in [0.29, 0.717) is 38.4 Å². The average molecular weight is 359 g/mol. The van der Waals surface area contributed by atoms with E-state index in [-0.39, 0.29) is 17.9 Å². The van der Waals surface area contributed by atoms with E-state index in [0.717, 1.165) is 18.5 Å². The molecule has 0 bridgehead atoms. The van der Waals surface area contributed by atoms with Crippen molar-refractivity contribution in [1.82, 2.24) is 20.9 Å². The van der Waals surface area contributed by atoms with Crippen LogP contribution in [0.2, 0.25) is 0 Å². The lowest BCUT2D eigenvalue weighted by molar-refractivity contribution is -0.129. The minimum absolute atomic E-state index is 0.00242. The Kier molecular flexibility index (Phi) is 7.92. The highest BCUT2D eigenvalue weighted by atomic mass is 16.2. The summed E-state index contributed by atoms with van der Waals surface area (Å²) in [6.45, 7) is 4.40. The molecule has 1 aliphatic rings. The van der Waals surface area contributed by atoms with Crippen LogP contribution in [-0.4, -0.2) is 55.4 Å². The van der Waals surface area contributed by atoms with Crippen LogP contribution in [0.15, 0.2) is 35.3 Å². The third kappa shape index (κ3) is 6.38. The molecule has 1 saturated heterocycles. The minimum atomic E-state index is -0.00242. The Balaban J connectivity index is 1.64. The van der Waals surface area contributed by atoms with Gasteiger partial charge in [0.05, 0.1) is 0 Å². The number of nitrogens with zero attached hydrogens (tertiary/aromatic N) is 2. The molecular formula is C19H29N5O2. The predicted molar refractivity (Wildman–Crippen MR) is 103 cm³/mol. The molecule has 2 rings (SSSR count). The number of carbonyl (C=O) groups excluding carboxylic acids is 2. The second-order valence-corrected chi connectivity index (χ2v) is 6.33. The van der Waals surface area contributed by atoms with Crippen LogP contribution in [0, 0.1) is 0 Å². The number of guanidine groups is 1. The van der Waals surface area contributed by atoms with Gasteiger partial charge in [0.15, 0.2) is 5.96 Å². The topological polar surface area (TPSA) is 85.8 Å². The summed E-state index contributed by atoms with van der Waals surface area (Å²) in [5.41, 5.74) is 1.08. The Morgan fingerprint density at radius 3 is 2.69 bits per heavy atom. The molecule has 26 heavy (non-hydrogen) atoms. The molecule has 1 unspecified atom stereocenters. The van der Waals surface area contributed by atoms with Crippen molar-refractivity contribution in [3.05, 3.63) is 35.9 Å². The van der Waals surface area contributed by atoms with Gasteiger partial charge in [-0.15, -0.1) is 0 Å². The molecule has 0 aromatic heterocycles. The van der Waals surface area contributed by atoms with Gasteiger partial charge in [0.25, 0.3) is 0 Å². The van der Waals surface area contributed by atoms with Crippen LogP contribution in [0.5, 0.6) is 0 Å². The third-order valence-corrected chi connectivity index (χ3v) is 4.38. The fraction of sp³-hybridized carbons (Fsp3) is 0.526. The van der Waals surface area contributed by atoms with E-state index >= 15 is 0 Å². The van der Waals surface area contributed by atoms with Crippen LogP contribution in [0.1, 0.15) is 31.7 Å². The van der Waals surface area contributed by atoms with Gasteiger partial charge in [0, 0.05) is 52.1 Å². The van der Waals surface area contributed by atoms with Crippen molar-refractivity contribution in [3.63, 3.8) is 0 Å². The number of hydrogen-bond donors (Lipinski definition) is 3. The Labute approximate surface area is 155 Å². The molecule has 3 N–H and O–H groups in total. The second-order valence-electron chi connectivity index (χ2n) is 6.33. The summed E-state index contributed by atoms with van der Waals surface area (Å²) in [5, 5.41) is 9.38. The van der Waals surface area contributed by atoms with Gasteiger partial charge in [-0.1, -0.05) is 37.3 Å². The van der Waals surface area contributed by atoms with E-state index in [4.69, 9.17) is 0 Å². The molecule has 2 amide bonds. The molecule has 0 saturated carbocycles. The molecule has 0 spiro atoms. The maximum atomic E-state index is 11.9. The van der Waals surface area contributed by atoms with Crippen molar-refractivity contribution in [3.8, 4) is 0 Å². The highest BCUT2D eigenvalue weighted by Gasteiger charge is 2.25. The number of likely N-dealkylation sites (tertiary alicyclic amines) is 1. The molecule has 1 aromatic carbocycles. The van der Waals surface area contributed by atoms with Crippen molar-refractivity contribution < 1.29 is 9.59 Å². The maximum Gasteiger partial charge on any atom is 0.222 e. The molecule has 1 aromatic rings. The van der Waals surface area contributed by atoms with Crippen LogP contribution in [0.25, 0.3) is 0 Å². The Morgan fingerprint density at radius 2 is 2.00 bits per heavy atom. The molecule has 1 atom stereocenters. The first-order valence-electron chi connectivity index (χ1n) is 9.18. The zero-order valence-electron chi connectivity index (χ0n) is 15.6. The van der Waals surface area contributed by atoms with Crippen LogP contribution in [0.3, 0.4) is 0 Å². The van der Waals surface area contributed by atoms with E-state index in [9.17, 15) is 9.59 Å². The molecule has 142 valence electrons. The fourth-order valence-electron chi connectivity index (χ4n) is 2.90. The summed E-state index contributed by atoms with van der Waals surface area (Å²) < 4.78 is 0. The maximum absolute atomic E-state index is 11.9. The lowest BCUT2D eigenvalue weighted by Crippen LogP contribution is -2.45. The molecule has 0 aliphatic carbocycles. The zero-order valence-corrected chi connectivity index (χ0v) is 15.6. The van der Waals surface area contributed by atoms with Crippen LogP contribution >= 0.6 is 0 Å². The van der Waals surface area contributed by atoms with Gasteiger partial charge in [-0.25, -0.2) is 0 Å². The largest absolute Gasteiger partial charge is 0.356 e. The van der Waals surface area contributed by atoms with Crippen molar-refractivity contribution in [2.75, 3.05) is 26.7 Å². The van der Waals surface area contributed by atoms with Gasteiger partial charge in [-0.05, 0) is 12.0 Å². The summed E-state index contributed by atoms with van der Waals surface area (Å²) in [4.78, 5) is 29.7. The summed E-state index contributed by atoms with van der Waals surface area (Å²) in [6, 6.07) is 10.0. The van der Waals surface area contributed by atoms with Gasteiger partial charge < -0.3 is 20.9 Å². The first kappa shape index (κ1) is 19.8. The molecule has 7 nitrogen and oxygen atoms in total.